The summed E-state index contributed by atoms with van der Waals surface area (Å²) in [4.78, 5) is 30.4. The molecule has 0 aliphatic carbocycles. The van der Waals surface area contributed by atoms with Crippen LogP contribution in [0.1, 0.15) is 155 Å². The number of aliphatic carboxylic acids is 2. The fraction of sp³-hybridized carbons (Fsp3) is 0.750. The van der Waals surface area contributed by atoms with Crippen molar-refractivity contribution in [2.75, 3.05) is 5.75 Å². The lowest BCUT2D eigenvalue weighted by atomic mass is 9.69. The second kappa shape index (κ2) is 22.8. The van der Waals surface area contributed by atoms with Gasteiger partial charge in [-0.05, 0) is 25.0 Å². The average molecular weight is 634 g/mol. The smallest absolute Gasteiger partial charge is 0.310 e. The zero-order valence-electron chi connectivity index (χ0n) is 27.1. The predicted molar refractivity (Wildman–Crippen MR) is 184 cm³/mol. The van der Waals surface area contributed by atoms with E-state index in [2.05, 4.69) is 18.8 Å². The van der Waals surface area contributed by atoms with Crippen molar-refractivity contribution in [3.63, 3.8) is 0 Å². The highest BCUT2D eigenvalue weighted by atomic mass is 32.2. The molecule has 2 N–H and O–H groups in total. The van der Waals surface area contributed by atoms with Gasteiger partial charge in [-0.3, -0.25) is 9.59 Å². The van der Waals surface area contributed by atoms with Crippen LogP contribution in [0, 0.1) is 11.3 Å². The third-order valence-corrected chi connectivity index (χ3v) is 11.3. The molecule has 0 spiro atoms. The molecule has 0 fully saturated rings. The second-order valence-electron chi connectivity index (χ2n) is 12.5. The molecule has 2 rings (SSSR count). The molecular formula is C36H59NO4S2. The largest absolute Gasteiger partial charge is 0.481 e. The lowest BCUT2D eigenvalue weighted by Gasteiger charge is -2.35. The number of fused-ring (bicyclic) bond motifs is 1. The van der Waals surface area contributed by atoms with Crippen LogP contribution in [0.15, 0.2) is 28.6 Å². The number of rotatable bonds is 28. The van der Waals surface area contributed by atoms with E-state index in [4.69, 9.17) is 0 Å². The molecule has 43 heavy (non-hydrogen) atoms. The van der Waals surface area contributed by atoms with Crippen molar-refractivity contribution in [1.29, 1.82) is 0 Å². The van der Waals surface area contributed by atoms with Crippen LogP contribution in [0.4, 0.5) is 0 Å². The molecule has 1 heterocycles. The summed E-state index contributed by atoms with van der Waals surface area (Å²) in [5.74, 6) is -2.64. The van der Waals surface area contributed by atoms with Gasteiger partial charge in [-0.15, -0.1) is 11.3 Å². The van der Waals surface area contributed by atoms with Gasteiger partial charge in [-0.2, -0.15) is 0 Å². The molecule has 0 amide bonds. The van der Waals surface area contributed by atoms with Crippen molar-refractivity contribution in [3.8, 4) is 0 Å². The summed E-state index contributed by atoms with van der Waals surface area (Å²) in [5.41, 5.74) is -0.336. The quantitative estimate of drug-likeness (QED) is 0.0716. The van der Waals surface area contributed by atoms with Crippen molar-refractivity contribution in [3.05, 3.63) is 24.3 Å². The highest BCUT2D eigenvalue weighted by molar-refractivity contribution is 8.01. The molecule has 0 saturated carbocycles. The Balaban J connectivity index is 1.98. The summed E-state index contributed by atoms with van der Waals surface area (Å²) in [5, 5.41) is 21.1. The lowest BCUT2D eigenvalue weighted by Crippen LogP contribution is -2.44. The van der Waals surface area contributed by atoms with E-state index < -0.39 is 23.3 Å². The minimum Gasteiger partial charge on any atom is -0.481 e. The van der Waals surface area contributed by atoms with Gasteiger partial charge in [0.25, 0.3) is 0 Å². The average Bonchev–Trinajstić information content (AvgIpc) is 3.41. The van der Waals surface area contributed by atoms with Gasteiger partial charge >= 0.3 is 11.9 Å². The number of aromatic nitrogens is 1. The number of unbranched alkanes of at least 4 members (excludes halogenated alkanes) is 18. The van der Waals surface area contributed by atoms with E-state index >= 15 is 0 Å². The number of carbonyl (C=O) groups is 2. The molecule has 1 unspecified atom stereocenters. The molecule has 7 heteroatoms. The number of hydrogen-bond donors (Lipinski definition) is 2. The molecule has 0 aliphatic rings. The van der Waals surface area contributed by atoms with Gasteiger partial charge < -0.3 is 10.2 Å². The third kappa shape index (κ3) is 14.4. The molecule has 0 bridgehead atoms. The Morgan fingerprint density at radius 2 is 1.16 bits per heavy atom. The van der Waals surface area contributed by atoms with E-state index in [9.17, 15) is 19.8 Å². The number of para-hydroxylation sites is 1. The Hall–Kier alpha value is -1.60. The summed E-state index contributed by atoms with van der Waals surface area (Å²) < 4.78 is 1.88. The van der Waals surface area contributed by atoms with Crippen LogP contribution in [0.2, 0.25) is 0 Å². The Labute approximate surface area is 270 Å². The van der Waals surface area contributed by atoms with Crippen LogP contribution in [0.3, 0.4) is 0 Å². The minimum absolute atomic E-state index is 0.233. The normalized spacial score (nSPS) is 12.6. The van der Waals surface area contributed by atoms with Crippen LogP contribution in [-0.4, -0.2) is 32.9 Å². The van der Waals surface area contributed by atoms with E-state index in [0.29, 0.717) is 12.8 Å². The maximum absolute atomic E-state index is 13.0. The van der Waals surface area contributed by atoms with Crippen molar-refractivity contribution >= 4 is 45.3 Å². The van der Waals surface area contributed by atoms with Gasteiger partial charge in [0.15, 0.2) is 4.34 Å². The van der Waals surface area contributed by atoms with Crippen molar-refractivity contribution in [1.82, 2.24) is 4.98 Å². The second-order valence-corrected chi connectivity index (χ2v) is 14.8. The Morgan fingerprint density at radius 1 is 0.721 bits per heavy atom. The number of thioether (sulfide) groups is 1. The first-order chi connectivity index (χ1) is 20.9. The fourth-order valence-electron chi connectivity index (χ4n) is 6.23. The summed E-state index contributed by atoms with van der Waals surface area (Å²) in [6.07, 6.45) is 24.4. The lowest BCUT2D eigenvalue weighted by molar-refractivity contribution is -0.163. The standard InChI is InChI=1S/C36H59NO4S2/c1-3-5-7-9-11-13-15-17-19-23-27-36(34(40)41,28-24-20-18-16-14-12-10-8-6-4-2)30(33(38)39)29-42-35-37-31-25-21-22-26-32(31)43-35/h21-22,25-26,30H,3-20,23-24,27-29H2,1-2H3,(H,38,39)(H,40,41). The third-order valence-electron chi connectivity index (χ3n) is 8.99. The first-order valence-corrected chi connectivity index (χ1v) is 19.2. The van der Waals surface area contributed by atoms with Crippen molar-refractivity contribution < 1.29 is 19.8 Å². The number of hydrogen-bond acceptors (Lipinski definition) is 5. The SMILES string of the molecule is CCCCCCCCCCCCC(CCCCCCCCCCCC)(C(=O)O)C(CSc1nc2ccccc2s1)C(=O)O. The monoisotopic (exact) mass is 633 g/mol. The molecule has 1 atom stereocenters. The predicted octanol–water partition coefficient (Wildman–Crippen LogP) is 11.8. The maximum Gasteiger partial charge on any atom is 0.310 e. The van der Waals surface area contributed by atoms with Gasteiger partial charge in [-0.1, -0.05) is 166 Å². The van der Waals surface area contributed by atoms with Crippen LogP contribution < -0.4 is 0 Å². The Kier molecular flexibility index (Phi) is 20.0. The molecule has 0 aliphatic heterocycles. The molecule has 244 valence electrons. The van der Waals surface area contributed by atoms with E-state index in [0.717, 1.165) is 53.1 Å². The molecule has 2 aromatic rings. The number of nitrogens with zero attached hydrogens (tertiary/aromatic N) is 1. The van der Waals surface area contributed by atoms with Gasteiger partial charge in [0, 0.05) is 5.75 Å². The van der Waals surface area contributed by atoms with Gasteiger partial charge in [-0.25, -0.2) is 4.98 Å². The van der Waals surface area contributed by atoms with E-state index in [1.54, 1.807) is 11.3 Å². The first kappa shape index (κ1) is 37.6. The number of carboxylic acid groups (broad SMARTS) is 2. The van der Waals surface area contributed by atoms with Crippen LogP contribution in [0.25, 0.3) is 10.2 Å². The molecule has 5 nitrogen and oxygen atoms in total. The summed E-state index contributed by atoms with van der Waals surface area (Å²) in [6, 6.07) is 7.90. The molecule has 0 radical (unpaired) electrons. The van der Waals surface area contributed by atoms with Crippen LogP contribution in [-0.2, 0) is 9.59 Å². The van der Waals surface area contributed by atoms with Crippen molar-refractivity contribution in [2.24, 2.45) is 11.3 Å². The zero-order chi connectivity index (χ0) is 31.2. The first-order valence-electron chi connectivity index (χ1n) is 17.4. The van der Waals surface area contributed by atoms with Gasteiger partial charge in [0.2, 0.25) is 0 Å². The Morgan fingerprint density at radius 3 is 1.58 bits per heavy atom. The number of benzene rings is 1. The van der Waals surface area contributed by atoms with Crippen LogP contribution in [0.5, 0.6) is 0 Å². The fourth-order valence-corrected chi connectivity index (χ4v) is 8.57. The van der Waals surface area contributed by atoms with E-state index in [1.165, 1.54) is 102 Å². The topological polar surface area (TPSA) is 87.5 Å². The Bertz CT molecular complexity index is 967. The maximum atomic E-state index is 13.0. The van der Waals surface area contributed by atoms with E-state index in [1.807, 2.05) is 24.3 Å². The highest BCUT2D eigenvalue weighted by Gasteiger charge is 2.48. The minimum atomic E-state index is -1.24. The molecule has 1 aromatic carbocycles. The zero-order valence-corrected chi connectivity index (χ0v) is 28.8. The summed E-state index contributed by atoms with van der Waals surface area (Å²) in [6.45, 7) is 4.48. The van der Waals surface area contributed by atoms with Crippen LogP contribution >= 0.6 is 23.1 Å². The molecule has 1 aromatic heterocycles. The summed E-state index contributed by atoms with van der Waals surface area (Å²) >= 11 is 2.96. The molecule has 0 saturated heterocycles. The highest BCUT2D eigenvalue weighted by Crippen LogP contribution is 2.43. The summed E-state index contributed by atoms with van der Waals surface area (Å²) in [7, 11) is 0. The number of thiazole rings is 1. The number of carboxylic acids is 2. The molecular weight excluding hydrogens is 575 g/mol. The van der Waals surface area contributed by atoms with Gasteiger partial charge in [0.05, 0.1) is 21.5 Å². The van der Waals surface area contributed by atoms with E-state index in [-0.39, 0.29) is 5.75 Å². The van der Waals surface area contributed by atoms with Crippen molar-refractivity contribution in [2.45, 2.75) is 159 Å². The van der Waals surface area contributed by atoms with Gasteiger partial charge in [0.1, 0.15) is 0 Å².